The van der Waals surface area contributed by atoms with Crippen molar-refractivity contribution in [3.05, 3.63) is 94.6 Å². The second kappa shape index (κ2) is 11.3. The monoisotopic (exact) mass is 417 g/mol. The van der Waals surface area contributed by atoms with Crippen LogP contribution < -0.4 is 0 Å². The first-order valence-electron chi connectivity index (χ1n) is 10.9. The average Bonchev–Trinajstić information content (AvgIpc) is 2.72. The minimum absolute atomic E-state index is 0.168. The summed E-state index contributed by atoms with van der Waals surface area (Å²) in [5, 5.41) is 4.41. The molecule has 0 spiro atoms. The van der Waals surface area contributed by atoms with Crippen LogP contribution in [0.15, 0.2) is 71.9 Å². The van der Waals surface area contributed by atoms with Crippen LogP contribution in [-0.4, -0.2) is 17.8 Å². The van der Waals surface area contributed by atoms with Crippen LogP contribution in [0.2, 0.25) is 0 Å². The second-order valence-corrected chi connectivity index (χ2v) is 8.04. The van der Waals surface area contributed by atoms with E-state index in [-0.39, 0.29) is 12.1 Å². The maximum absolute atomic E-state index is 13.0. The van der Waals surface area contributed by atoms with Crippen LogP contribution in [0.3, 0.4) is 0 Å². The first kappa shape index (κ1) is 22.5. The molecular formula is C27H31NO3. The summed E-state index contributed by atoms with van der Waals surface area (Å²) in [4.78, 5) is 18.6. The molecule has 0 saturated carbocycles. The van der Waals surface area contributed by atoms with Crippen molar-refractivity contribution in [1.82, 2.24) is 0 Å². The number of hydrogen-bond acceptors (Lipinski definition) is 4. The van der Waals surface area contributed by atoms with E-state index in [1.54, 1.807) is 0 Å². The van der Waals surface area contributed by atoms with Gasteiger partial charge in [0.05, 0.1) is 11.3 Å². The SMILES string of the molecule is Cc1cc(C)c2c(c1)CC(=N/OCc1ccccc1)/C=C/CC/C=C/C[C@@H](C)OC2=O. The highest BCUT2D eigenvalue weighted by atomic mass is 16.6. The van der Waals surface area contributed by atoms with Gasteiger partial charge in [0.25, 0.3) is 0 Å². The Morgan fingerprint density at radius 2 is 1.84 bits per heavy atom. The van der Waals surface area contributed by atoms with Crippen molar-refractivity contribution in [1.29, 1.82) is 0 Å². The summed E-state index contributed by atoms with van der Waals surface area (Å²) in [5.41, 5.74) is 5.41. The number of ether oxygens (including phenoxy) is 1. The molecule has 3 rings (SSSR count). The van der Waals surface area contributed by atoms with Gasteiger partial charge in [-0.15, -0.1) is 0 Å². The van der Waals surface area contributed by atoms with Crippen molar-refractivity contribution in [2.75, 3.05) is 0 Å². The second-order valence-electron chi connectivity index (χ2n) is 8.04. The van der Waals surface area contributed by atoms with Gasteiger partial charge in [-0.3, -0.25) is 0 Å². The molecule has 2 aromatic rings. The van der Waals surface area contributed by atoms with Gasteiger partial charge in [-0.2, -0.15) is 0 Å². The molecule has 1 heterocycles. The van der Waals surface area contributed by atoms with E-state index in [0.29, 0.717) is 18.6 Å². The largest absolute Gasteiger partial charge is 0.459 e. The molecule has 0 radical (unpaired) electrons. The molecule has 4 heteroatoms. The van der Waals surface area contributed by atoms with Crippen molar-refractivity contribution in [3.63, 3.8) is 0 Å². The van der Waals surface area contributed by atoms with Crippen LogP contribution in [-0.2, 0) is 22.6 Å². The first-order valence-corrected chi connectivity index (χ1v) is 10.9. The summed E-state index contributed by atoms with van der Waals surface area (Å²) in [7, 11) is 0. The number of aryl methyl sites for hydroxylation is 2. The molecule has 162 valence electrons. The van der Waals surface area contributed by atoms with Gasteiger partial charge in [-0.05, 0) is 56.4 Å². The van der Waals surface area contributed by atoms with Crippen LogP contribution in [0, 0.1) is 13.8 Å². The Morgan fingerprint density at radius 3 is 2.65 bits per heavy atom. The summed E-state index contributed by atoms with van der Waals surface area (Å²) in [6.45, 7) is 6.33. The molecule has 0 aliphatic carbocycles. The molecule has 1 aliphatic heterocycles. The van der Waals surface area contributed by atoms with Crippen molar-refractivity contribution >= 4 is 11.7 Å². The number of esters is 1. The number of nitrogens with zero attached hydrogens (tertiary/aromatic N) is 1. The Kier molecular flexibility index (Phi) is 8.22. The zero-order valence-corrected chi connectivity index (χ0v) is 18.6. The molecule has 31 heavy (non-hydrogen) atoms. The minimum Gasteiger partial charge on any atom is -0.459 e. The average molecular weight is 418 g/mol. The number of rotatable bonds is 3. The molecule has 4 nitrogen and oxygen atoms in total. The highest BCUT2D eigenvalue weighted by molar-refractivity contribution is 5.99. The topological polar surface area (TPSA) is 47.9 Å². The van der Waals surface area contributed by atoms with Crippen LogP contribution in [0.1, 0.15) is 58.8 Å². The van der Waals surface area contributed by atoms with E-state index in [1.807, 2.05) is 69.3 Å². The lowest BCUT2D eigenvalue weighted by Crippen LogP contribution is -2.18. The zero-order valence-electron chi connectivity index (χ0n) is 18.6. The fourth-order valence-corrected chi connectivity index (χ4v) is 3.68. The predicted molar refractivity (Wildman–Crippen MR) is 125 cm³/mol. The number of allylic oxidation sites excluding steroid dienone is 3. The van der Waals surface area contributed by atoms with Crippen molar-refractivity contribution in [3.8, 4) is 0 Å². The fraction of sp³-hybridized carbons (Fsp3) is 0.333. The fourth-order valence-electron chi connectivity index (χ4n) is 3.68. The van der Waals surface area contributed by atoms with Gasteiger partial charge >= 0.3 is 5.97 Å². The van der Waals surface area contributed by atoms with Gasteiger partial charge < -0.3 is 9.57 Å². The molecule has 0 unspecified atom stereocenters. The highest BCUT2D eigenvalue weighted by Crippen LogP contribution is 2.21. The molecule has 2 aromatic carbocycles. The Labute approximate surface area is 185 Å². The van der Waals surface area contributed by atoms with E-state index in [2.05, 4.69) is 23.4 Å². The summed E-state index contributed by atoms with van der Waals surface area (Å²) in [5.74, 6) is -0.279. The molecule has 0 fully saturated rings. The Hall–Kier alpha value is -3.14. The molecule has 0 bridgehead atoms. The number of benzene rings is 2. The molecule has 0 aromatic heterocycles. The molecule has 1 aliphatic rings. The quantitative estimate of drug-likeness (QED) is 0.336. The lowest BCUT2D eigenvalue weighted by atomic mass is 9.95. The highest BCUT2D eigenvalue weighted by Gasteiger charge is 2.20. The smallest absolute Gasteiger partial charge is 0.338 e. The molecule has 0 amide bonds. The first-order chi connectivity index (χ1) is 15.0. The summed E-state index contributed by atoms with van der Waals surface area (Å²) >= 11 is 0. The third-order valence-corrected chi connectivity index (χ3v) is 5.15. The van der Waals surface area contributed by atoms with E-state index in [1.165, 1.54) is 0 Å². The molecule has 0 N–H and O–H groups in total. The maximum atomic E-state index is 13.0. The number of fused-ring (bicyclic) bond motifs is 1. The molecule has 1 atom stereocenters. The van der Waals surface area contributed by atoms with Crippen LogP contribution >= 0.6 is 0 Å². The Bertz CT molecular complexity index is 973. The molecular weight excluding hydrogens is 386 g/mol. The Balaban J connectivity index is 1.91. The Morgan fingerprint density at radius 1 is 1.06 bits per heavy atom. The standard InChI is InChI=1S/C27H31NO3/c1-20-16-21(2)26-24(17-20)18-25(28-30-19-23-13-9-7-10-14-23)15-11-6-4-5-8-12-22(3)31-27(26)29/h5,7-11,13-17,22H,4,6,12,18-19H2,1-3H3/b8-5+,15-11+,28-25+/t22-/m1/s1. The van der Waals surface area contributed by atoms with Crippen LogP contribution in [0.5, 0.6) is 0 Å². The number of hydrogen-bond donors (Lipinski definition) is 0. The van der Waals surface area contributed by atoms with E-state index in [9.17, 15) is 4.79 Å². The van der Waals surface area contributed by atoms with E-state index >= 15 is 0 Å². The minimum atomic E-state index is -0.279. The van der Waals surface area contributed by atoms with Gasteiger partial charge in [-0.25, -0.2) is 4.79 Å². The number of cyclic esters (lactones) is 1. The van der Waals surface area contributed by atoms with Gasteiger partial charge in [0.15, 0.2) is 0 Å². The number of carbonyl (C=O) groups is 1. The van der Waals surface area contributed by atoms with Crippen LogP contribution in [0.25, 0.3) is 0 Å². The van der Waals surface area contributed by atoms with Crippen LogP contribution in [0.4, 0.5) is 0 Å². The third-order valence-electron chi connectivity index (χ3n) is 5.15. The summed E-state index contributed by atoms with van der Waals surface area (Å²) < 4.78 is 5.74. The van der Waals surface area contributed by atoms with Gasteiger partial charge in [-0.1, -0.05) is 71.4 Å². The van der Waals surface area contributed by atoms with Crippen molar-refractivity contribution < 1.29 is 14.4 Å². The summed E-state index contributed by atoms with van der Waals surface area (Å²) in [6, 6.07) is 14.0. The van der Waals surface area contributed by atoms with Gasteiger partial charge in [0.1, 0.15) is 12.7 Å². The normalized spacial score (nSPS) is 20.9. The zero-order chi connectivity index (χ0) is 22.1. The van der Waals surface area contributed by atoms with E-state index in [4.69, 9.17) is 9.57 Å². The predicted octanol–water partition coefficient (Wildman–Crippen LogP) is 6.26. The van der Waals surface area contributed by atoms with E-state index in [0.717, 1.165) is 47.2 Å². The molecule has 0 saturated heterocycles. The lowest BCUT2D eigenvalue weighted by molar-refractivity contribution is 0.0346. The van der Waals surface area contributed by atoms with Crippen molar-refractivity contribution in [2.24, 2.45) is 5.16 Å². The maximum Gasteiger partial charge on any atom is 0.338 e. The van der Waals surface area contributed by atoms with E-state index < -0.39 is 0 Å². The lowest BCUT2D eigenvalue weighted by Gasteiger charge is -2.17. The third kappa shape index (κ3) is 6.95. The van der Waals surface area contributed by atoms with Crippen molar-refractivity contribution in [2.45, 2.75) is 59.2 Å². The van der Waals surface area contributed by atoms with Gasteiger partial charge in [0.2, 0.25) is 0 Å². The summed E-state index contributed by atoms with van der Waals surface area (Å²) in [6.07, 6.45) is 11.2. The number of carbonyl (C=O) groups excluding carboxylic acids is 1. The van der Waals surface area contributed by atoms with Gasteiger partial charge in [0, 0.05) is 12.8 Å². The number of oxime groups is 1.